The van der Waals surface area contributed by atoms with E-state index in [0.29, 0.717) is 0 Å². The highest BCUT2D eigenvalue weighted by molar-refractivity contribution is 7.89. The molecular formula is C25H25FN4O7S. The van der Waals surface area contributed by atoms with Crippen molar-refractivity contribution in [3.05, 3.63) is 75.4 Å². The molecule has 38 heavy (non-hydrogen) atoms. The van der Waals surface area contributed by atoms with Crippen molar-refractivity contribution >= 4 is 39.5 Å². The summed E-state index contributed by atoms with van der Waals surface area (Å²) in [6.45, 7) is 1.67. The molecule has 2 aromatic carbocycles. The summed E-state index contributed by atoms with van der Waals surface area (Å²) in [4.78, 5) is 23.2. The lowest BCUT2D eigenvalue weighted by Gasteiger charge is -2.30. The molecule has 0 bridgehead atoms. The fraction of sp³-hybridized carbons (Fsp3) is 0.280. The summed E-state index contributed by atoms with van der Waals surface area (Å²) in [5.74, 6) is -1.16. The minimum absolute atomic E-state index is 0.0177. The van der Waals surface area contributed by atoms with E-state index in [4.69, 9.17) is 9.26 Å². The van der Waals surface area contributed by atoms with Crippen LogP contribution in [0.5, 0.6) is 5.75 Å². The van der Waals surface area contributed by atoms with Gasteiger partial charge in [-0.05, 0) is 44.1 Å². The van der Waals surface area contributed by atoms with E-state index < -0.39 is 26.7 Å². The average Bonchev–Trinajstić information content (AvgIpc) is 3.29. The lowest BCUT2D eigenvalue weighted by molar-refractivity contribution is -0.384. The van der Waals surface area contributed by atoms with Gasteiger partial charge in [0.05, 0.1) is 23.8 Å². The Bertz CT molecular complexity index is 1500. The summed E-state index contributed by atoms with van der Waals surface area (Å²) in [7, 11) is -2.67. The van der Waals surface area contributed by atoms with Crippen LogP contribution in [0.2, 0.25) is 0 Å². The van der Waals surface area contributed by atoms with Gasteiger partial charge in [0, 0.05) is 30.6 Å². The van der Waals surface area contributed by atoms with Crippen molar-refractivity contribution < 1.29 is 31.8 Å². The van der Waals surface area contributed by atoms with Gasteiger partial charge in [0.1, 0.15) is 17.3 Å². The Morgan fingerprint density at radius 3 is 2.61 bits per heavy atom. The fourth-order valence-electron chi connectivity index (χ4n) is 4.19. The van der Waals surface area contributed by atoms with Gasteiger partial charge in [0.25, 0.3) is 5.69 Å². The van der Waals surface area contributed by atoms with E-state index in [9.17, 15) is 27.7 Å². The summed E-state index contributed by atoms with van der Waals surface area (Å²) in [6, 6.07) is 9.90. The Balaban J connectivity index is 1.45. The monoisotopic (exact) mass is 544 g/mol. The first-order chi connectivity index (χ1) is 18.1. The number of nitro benzene ring substituents is 1. The zero-order chi connectivity index (χ0) is 27.4. The number of ether oxygens (including phenoxy) is 1. The topological polar surface area (TPSA) is 145 Å². The number of carbonyl (C=O) groups excluding carboxylic acids is 1. The Labute approximate surface area is 218 Å². The predicted octanol–water partition coefficient (Wildman–Crippen LogP) is 4.25. The third kappa shape index (κ3) is 5.58. The maximum absolute atomic E-state index is 14.0. The Hall–Kier alpha value is -4.10. The molecule has 0 saturated carbocycles. The Morgan fingerprint density at radius 1 is 1.24 bits per heavy atom. The van der Waals surface area contributed by atoms with Crippen molar-refractivity contribution in [2.45, 2.75) is 24.7 Å². The van der Waals surface area contributed by atoms with E-state index in [1.54, 1.807) is 18.2 Å². The van der Waals surface area contributed by atoms with E-state index >= 15 is 0 Å². The van der Waals surface area contributed by atoms with Gasteiger partial charge in [0.15, 0.2) is 10.7 Å². The summed E-state index contributed by atoms with van der Waals surface area (Å²) in [6.07, 6.45) is 3.29. The van der Waals surface area contributed by atoms with E-state index in [1.807, 2.05) is 0 Å². The van der Waals surface area contributed by atoms with Crippen molar-refractivity contribution in [3.8, 4) is 5.75 Å². The molecular weight excluding hydrogens is 519 g/mol. The molecule has 0 unspecified atom stereocenters. The minimum Gasteiger partial charge on any atom is -0.494 e. The molecule has 1 aliphatic rings. The number of aromatic nitrogens is 1. The van der Waals surface area contributed by atoms with Crippen molar-refractivity contribution in [3.63, 3.8) is 0 Å². The second-order valence-electron chi connectivity index (χ2n) is 8.63. The number of hydrogen-bond donors (Lipinski definition) is 1. The Morgan fingerprint density at radius 2 is 1.95 bits per heavy atom. The van der Waals surface area contributed by atoms with Gasteiger partial charge in [-0.2, -0.15) is 4.31 Å². The molecule has 0 radical (unpaired) electrons. The van der Waals surface area contributed by atoms with Gasteiger partial charge in [0.2, 0.25) is 15.9 Å². The number of hydrogen-bond acceptors (Lipinski definition) is 8. The first-order valence-electron chi connectivity index (χ1n) is 11.6. The first kappa shape index (κ1) is 26.9. The number of aryl methyl sites for hydroxylation is 1. The van der Waals surface area contributed by atoms with Gasteiger partial charge in [-0.15, -0.1) is 0 Å². The highest BCUT2D eigenvalue weighted by Gasteiger charge is 2.36. The summed E-state index contributed by atoms with van der Waals surface area (Å²) in [5, 5.41) is 17.5. The van der Waals surface area contributed by atoms with Gasteiger partial charge in [-0.1, -0.05) is 23.4 Å². The van der Waals surface area contributed by atoms with E-state index in [0.717, 1.165) is 0 Å². The molecule has 0 spiro atoms. The van der Waals surface area contributed by atoms with Crippen LogP contribution in [0.3, 0.4) is 0 Å². The number of rotatable bonds is 8. The number of carbonyl (C=O) groups is 1. The van der Waals surface area contributed by atoms with Gasteiger partial charge in [-0.3, -0.25) is 14.9 Å². The number of nitro groups is 1. The molecule has 200 valence electrons. The quantitative estimate of drug-likeness (QED) is 0.327. The van der Waals surface area contributed by atoms with Gasteiger partial charge < -0.3 is 14.6 Å². The number of benzene rings is 2. The van der Waals surface area contributed by atoms with Crippen molar-refractivity contribution in [1.29, 1.82) is 0 Å². The summed E-state index contributed by atoms with van der Waals surface area (Å²) < 4.78 is 52.5. The molecule has 0 aliphatic carbocycles. The number of anilines is 1. The molecule has 0 atom stereocenters. The number of sulfonamides is 1. The van der Waals surface area contributed by atoms with Crippen LogP contribution in [0.4, 0.5) is 15.8 Å². The third-order valence-corrected chi connectivity index (χ3v) is 8.29. The molecule has 13 heteroatoms. The average molecular weight is 545 g/mol. The van der Waals surface area contributed by atoms with Crippen LogP contribution in [-0.2, 0) is 14.8 Å². The van der Waals surface area contributed by atoms with E-state index in [2.05, 4.69) is 10.5 Å². The minimum atomic E-state index is -4.01. The third-order valence-electron chi connectivity index (χ3n) is 6.23. The van der Waals surface area contributed by atoms with Crippen LogP contribution in [-0.4, -0.2) is 48.9 Å². The highest BCUT2D eigenvalue weighted by Crippen LogP contribution is 2.32. The molecule has 1 saturated heterocycles. The first-order valence-corrected chi connectivity index (χ1v) is 13.1. The summed E-state index contributed by atoms with van der Waals surface area (Å²) >= 11 is 0. The number of amides is 1. The molecule has 3 aromatic rings. The number of nitrogens with zero attached hydrogens (tertiary/aromatic N) is 3. The maximum atomic E-state index is 14.0. The van der Waals surface area contributed by atoms with Crippen LogP contribution in [0, 0.1) is 28.8 Å². The largest absolute Gasteiger partial charge is 0.494 e. The molecule has 1 aliphatic heterocycles. The zero-order valence-electron chi connectivity index (χ0n) is 20.6. The van der Waals surface area contributed by atoms with Crippen molar-refractivity contribution in [2.75, 3.05) is 25.5 Å². The SMILES string of the molecule is COc1cc([N+](=O)[O-])ccc1NC(=O)C1CCN(S(=O)(=O)c2c(C)noc2C=Cc2ccccc2F)CC1. The Kier molecular flexibility index (Phi) is 7.88. The smallest absolute Gasteiger partial charge is 0.273 e. The molecule has 4 rings (SSSR count). The van der Waals surface area contributed by atoms with Crippen molar-refractivity contribution in [1.82, 2.24) is 9.46 Å². The van der Waals surface area contributed by atoms with Crippen molar-refractivity contribution in [2.24, 2.45) is 5.92 Å². The van der Waals surface area contributed by atoms with Crippen LogP contribution in [0.15, 0.2) is 51.9 Å². The van der Waals surface area contributed by atoms with E-state index in [1.165, 1.54) is 54.8 Å². The zero-order valence-corrected chi connectivity index (χ0v) is 21.4. The van der Waals surface area contributed by atoms with Crippen LogP contribution >= 0.6 is 0 Å². The molecule has 2 heterocycles. The van der Waals surface area contributed by atoms with Crippen LogP contribution in [0.1, 0.15) is 29.9 Å². The lowest BCUT2D eigenvalue weighted by atomic mass is 9.97. The van der Waals surface area contributed by atoms with Crippen LogP contribution in [0.25, 0.3) is 12.2 Å². The maximum Gasteiger partial charge on any atom is 0.273 e. The molecule has 1 N–H and O–H groups in total. The number of nitrogens with one attached hydrogen (secondary N) is 1. The standard InChI is InChI=1S/C25H25FN4O7S/c1-16-24(22(37-28-16)10-7-17-5-3-4-6-20(17)26)38(34,35)29-13-11-18(12-14-29)25(31)27-21-9-8-19(30(32)33)15-23(21)36-2/h3-10,15,18H,11-14H2,1-2H3,(H,27,31). The van der Waals surface area contributed by atoms with E-state index in [-0.39, 0.29) is 70.9 Å². The molecule has 11 nitrogen and oxygen atoms in total. The second-order valence-corrected chi connectivity index (χ2v) is 10.5. The van der Waals surface area contributed by atoms with Gasteiger partial charge >= 0.3 is 0 Å². The molecule has 1 fully saturated rings. The number of methoxy groups -OCH3 is 1. The fourth-order valence-corrected chi connectivity index (χ4v) is 5.91. The normalized spacial score (nSPS) is 15.0. The van der Waals surface area contributed by atoms with Gasteiger partial charge in [-0.25, -0.2) is 12.8 Å². The number of piperidine rings is 1. The highest BCUT2D eigenvalue weighted by atomic mass is 32.2. The second kappa shape index (κ2) is 11.1. The number of non-ortho nitro benzene ring substituents is 1. The number of halogens is 1. The predicted molar refractivity (Wildman–Crippen MR) is 136 cm³/mol. The lowest BCUT2D eigenvalue weighted by Crippen LogP contribution is -2.41. The summed E-state index contributed by atoms with van der Waals surface area (Å²) in [5.41, 5.74) is 0.541. The van der Waals surface area contributed by atoms with Crippen LogP contribution < -0.4 is 10.1 Å². The molecule has 1 aromatic heterocycles. The molecule has 1 amide bonds.